The van der Waals surface area contributed by atoms with Crippen LogP contribution in [0, 0.1) is 0 Å². The quantitative estimate of drug-likeness (QED) is 0.319. The van der Waals surface area contributed by atoms with Crippen molar-refractivity contribution in [1.29, 1.82) is 0 Å². The predicted octanol–water partition coefficient (Wildman–Crippen LogP) is 4.56. The van der Waals surface area contributed by atoms with Crippen LogP contribution in [0.2, 0.25) is 0 Å². The van der Waals surface area contributed by atoms with Crippen molar-refractivity contribution >= 4 is 39.3 Å². The lowest BCUT2D eigenvalue weighted by molar-refractivity contribution is -0.141. The van der Waals surface area contributed by atoms with Gasteiger partial charge in [-0.15, -0.1) is 11.3 Å². The number of ether oxygens (including phenoxy) is 3. The summed E-state index contributed by atoms with van der Waals surface area (Å²) in [6.07, 6.45) is 0. The lowest BCUT2D eigenvalue weighted by atomic mass is 10.1. The van der Waals surface area contributed by atoms with Crippen LogP contribution >= 0.6 is 23.1 Å². The molecule has 0 spiro atoms. The van der Waals surface area contributed by atoms with E-state index in [1.165, 1.54) is 11.8 Å². The molecule has 3 heterocycles. The number of benzene rings is 2. The molecule has 0 fully saturated rings. The van der Waals surface area contributed by atoms with Crippen molar-refractivity contribution < 1.29 is 23.5 Å². The first-order valence-electron chi connectivity index (χ1n) is 9.24. The lowest BCUT2D eigenvalue weighted by Gasteiger charge is -2.18. The van der Waals surface area contributed by atoms with Gasteiger partial charge in [-0.05, 0) is 30.3 Å². The fourth-order valence-corrected chi connectivity index (χ4v) is 4.81. The molecule has 2 aromatic carbocycles. The molecule has 0 aliphatic carbocycles. The van der Waals surface area contributed by atoms with Crippen LogP contribution < -0.4 is 9.47 Å². The average molecular weight is 441 g/mol. The summed E-state index contributed by atoms with van der Waals surface area (Å²) in [6.45, 7) is 1.11. The summed E-state index contributed by atoms with van der Waals surface area (Å²) >= 11 is 2.93. The molecule has 0 atom stereocenters. The Morgan fingerprint density at radius 3 is 2.87 bits per heavy atom. The molecule has 0 N–H and O–H groups in total. The van der Waals surface area contributed by atoms with Gasteiger partial charge >= 0.3 is 5.97 Å². The zero-order valence-corrected chi connectivity index (χ0v) is 17.3. The van der Waals surface area contributed by atoms with Gasteiger partial charge in [0, 0.05) is 11.6 Å². The van der Waals surface area contributed by atoms with Gasteiger partial charge in [-0.3, -0.25) is 4.79 Å². The minimum atomic E-state index is -0.330. The number of rotatable bonds is 6. The van der Waals surface area contributed by atoms with E-state index in [4.69, 9.17) is 18.7 Å². The molecule has 0 saturated carbocycles. The standard InChI is InChI=1S/C21H16N2O5S2/c24-20(12-29-21-22-15-3-1-2-4-19(15)30-21)27-11-14-10-17(28-23-14)13-5-6-16-18(9-13)26-8-7-25-16/h1-6,9-10H,7-8,11-12H2. The summed E-state index contributed by atoms with van der Waals surface area (Å²) < 4.78 is 23.8. The fourth-order valence-electron chi connectivity index (χ4n) is 2.94. The number of hydrogen-bond acceptors (Lipinski definition) is 9. The number of carbonyl (C=O) groups is 1. The smallest absolute Gasteiger partial charge is 0.316 e. The summed E-state index contributed by atoms with van der Waals surface area (Å²) in [5.41, 5.74) is 2.29. The van der Waals surface area contributed by atoms with Crippen LogP contribution in [-0.4, -0.2) is 35.1 Å². The number of hydrogen-bond donors (Lipinski definition) is 0. The van der Waals surface area contributed by atoms with Crippen molar-refractivity contribution in [1.82, 2.24) is 10.1 Å². The molecule has 0 radical (unpaired) electrons. The van der Waals surface area contributed by atoms with Crippen LogP contribution in [0.15, 0.2) is 57.4 Å². The number of aromatic nitrogens is 2. The Kier molecular flexibility index (Phi) is 5.29. The number of para-hydroxylation sites is 1. The first kappa shape index (κ1) is 19.0. The second-order valence-electron chi connectivity index (χ2n) is 6.44. The molecule has 0 unspecified atom stereocenters. The molecule has 0 saturated heterocycles. The van der Waals surface area contributed by atoms with E-state index in [0.717, 1.165) is 20.1 Å². The molecule has 1 aliphatic heterocycles. The molecule has 0 amide bonds. The topological polar surface area (TPSA) is 83.7 Å². The number of nitrogens with zero attached hydrogens (tertiary/aromatic N) is 2. The Morgan fingerprint density at radius 2 is 1.97 bits per heavy atom. The van der Waals surface area contributed by atoms with Crippen LogP contribution in [0.5, 0.6) is 11.5 Å². The van der Waals surface area contributed by atoms with Crippen LogP contribution in [-0.2, 0) is 16.1 Å². The number of carbonyl (C=O) groups excluding carboxylic acids is 1. The molecule has 30 heavy (non-hydrogen) atoms. The monoisotopic (exact) mass is 440 g/mol. The van der Waals surface area contributed by atoms with E-state index in [2.05, 4.69) is 10.1 Å². The Morgan fingerprint density at radius 1 is 1.10 bits per heavy atom. The third kappa shape index (κ3) is 4.12. The summed E-state index contributed by atoms with van der Waals surface area (Å²) in [5, 5.41) is 3.98. The van der Waals surface area contributed by atoms with Gasteiger partial charge in [-0.2, -0.15) is 0 Å². The van der Waals surface area contributed by atoms with E-state index >= 15 is 0 Å². The van der Waals surface area contributed by atoms with Gasteiger partial charge in [-0.25, -0.2) is 4.98 Å². The Hall–Kier alpha value is -3.04. The molecule has 152 valence electrons. The van der Waals surface area contributed by atoms with Gasteiger partial charge in [-0.1, -0.05) is 29.1 Å². The first-order chi connectivity index (χ1) is 14.7. The van der Waals surface area contributed by atoms with E-state index in [0.29, 0.717) is 36.2 Å². The molecule has 0 bridgehead atoms. The van der Waals surface area contributed by atoms with Crippen molar-refractivity contribution in [2.75, 3.05) is 19.0 Å². The maximum Gasteiger partial charge on any atom is 0.316 e. The molecule has 1 aliphatic rings. The molecular weight excluding hydrogens is 424 g/mol. The second-order valence-corrected chi connectivity index (χ2v) is 8.69. The summed E-state index contributed by atoms with van der Waals surface area (Å²) in [7, 11) is 0. The number of thioether (sulfide) groups is 1. The SMILES string of the molecule is O=C(CSc1nc2ccccc2s1)OCc1cc(-c2ccc3c(c2)OCCO3)on1. The number of thiazole rings is 1. The fraction of sp³-hybridized carbons (Fsp3) is 0.190. The molecule has 9 heteroatoms. The maximum atomic E-state index is 12.1. The molecule has 2 aromatic heterocycles. The van der Waals surface area contributed by atoms with Crippen LogP contribution in [0.4, 0.5) is 0 Å². The van der Waals surface area contributed by atoms with E-state index in [-0.39, 0.29) is 18.3 Å². The van der Waals surface area contributed by atoms with Gasteiger partial charge in [0.05, 0.1) is 16.0 Å². The minimum absolute atomic E-state index is 0.0489. The third-order valence-electron chi connectivity index (χ3n) is 4.35. The highest BCUT2D eigenvalue weighted by molar-refractivity contribution is 8.01. The number of esters is 1. The normalized spacial score (nSPS) is 12.8. The number of fused-ring (bicyclic) bond motifs is 2. The van der Waals surface area contributed by atoms with Crippen molar-refractivity contribution in [3.8, 4) is 22.8 Å². The van der Waals surface area contributed by atoms with Gasteiger partial charge < -0.3 is 18.7 Å². The second kappa shape index (κ2) is 8.37. The van der Waals surface area contributed by atoms with E-state index in [1.54, 1.807) is 17.4 Å². The highest BCUT2D eigenvalue weighted by atomic mass is 32.2. The first-order valence-corrected chi connectivity index (χ1v) is 11.0. The zero-order chi connectivity index (χ0) is 20.3. The predicted molar refractivity (Wildman–Crippen MR) is 113 cm³/mol. The Labute approximate surface area is 179 Å². The van der Waals surface area contributed by atoms with Crippen molar-refractivity contribution in [3.63, 3.8) is 0 Å². The molecule has 7 nitrogen and oxygen atoms in total. The van der Waals surface area contributed by atoms with Gasteiger partial charge in [0.1, 0.15) is 25.5 Å². The largest absolute Gasteiger partial charge is 0.486 e. The summed E-state index contributed by atoms with van der Waals surface area (Å²) in [4.78, 5) is 16.6. The molecular formula is C21H16N2O5S2. The van der Waals surface area contributed by atoms with Crippen molar-refractivity contribution in [2.45, 2.75) is 10.9 Å². The highest BCUT2D eigenvalue weighted by Crippen LogP contribution is 2.35. The summed E-state index contributed by atoms with van der Waals surface area (Å²) in [5.74, 6) is 1.82. The van der Waals surface area contributed by atoms with Crippen LogP contribution in [0.3, 0.4) is 0 Å². The van der Waals surface area contributed by atoms with E-state index < -0.39 is 0 Å². The van der Waals surface area contributed by atoms with Crippen LogP contribution in [0.1, 0.15) is 5.69 Å². The van der Waals surface area contributed by atoms with Crippen LogP contribution in [0.25, 0.3) is 21.5 Å². The summed E-state index contributed by atoms with van der Waals surface area (Å²) in [6, 6.07) is 15.2. The van der Waals surface area contributed by atoms with Gasteiger partial charge in [0.2, 0.25) is 0 Å². The van der Waals surface area contributed by atoms with Gasteiger partial charge in [0.25, 0.3) is 0 Å². The van der Waals surface area contributed by atoms with Gasteiger partial charge in [0.15, 0.2) is 21.6 Å². The van der Waals surface area contributed by atoms with Crippen molar-refractivity contribution in [3.05, 3.63) is 54.2 Å². The minimum Gasteiger partial charge on any atom is -0.486 e. The maximum absolute atomic E-state index is 12.1. The molecule has 4 aromatic rings. The lowest BCUT2D eigenvalue weighted by Crippen LogP contribution is -2.15. The average Bonchev–Trinajstić information content (AvgIpc) is 3.42. The zero-order valence-electron chi connectivity index (χ0n) is 15.7. The van der Waals surface area contributed by atoms with E-state index in [1.807, 2.05) is 42.5 Å². The molecule has 5 rings (SSSR count). The van der Waals surface area contributed by atoms with Crippen molar-refractivity contribution in [2.24, 2.45) is 0 Å². The third-order valence-corrected chi connectivity index (χ3v) is 6.51. The Balaban J connectivity index is 1.16. The Bertz CT molecular complexity index is 1170. The van der Waals surface area contributed by atoms with E-state index in [9.17, 15) is 4.79 Å². The highest BCUT2D eigenvalue weighted by Gasteiger charge is 2.15.